The molecule has 6 rings (SSSR count). The standard InChI is InChI=1S/C22H28N4O2S/c1-13-24-18-3-2-17(9-19(18)29-13)25-20(27)4-5-23-21(28)26-22-10-14-6-15(11-22)8-16(7-14)12-22/h2-3,9,14-16H,4-8,10-12H2,1H3,(H,25,27)(H2,23,26,28). The fourth-order valence-corrected chi connectivity index (χ4v) is 7.05. The van der Waals surface area contributed by atoms with Crippen LogP contribution in [0.1, 0.15) is 50.0 Å². The highest BCUT2D eigenvalue weighted by Gasteiger charge is 2.51. The molecule has 0 atom stereocenters. The molecule has 0 unspecified atom stereocenters. The lowest BCUT2D eigenvalue weighted by Crippen LogP contribution is -2.61. The van der Waals surface area contributed by atoms with Crippen molar-refractivity contribution in [3.05, 3.63) is 23.2 Å². The highest BCUT2D eigenvalue weighted by molar-refractivity contribution is 7.18. The van der Waals surface area contributed by atoms with Crippen molar-refractivity contribution in [2.75, 3.05) is 11.9 Å². The third-order valence-corrected chi connectivity index (χ3v) is 7.77. The normalized spacial score (nSPS) is 29.8. The smallest absolute Gasteiger partial charge is 0.315 e. The van der Waals surface area contributed by atoms with Gasteiger partial charge in [0.15, 0.2) is 0 Å². The molecule has 4 aliphatic rings. The van der Waals surface area contributed by atoms with Gasteiger partial charge in [-0.05, 0) is 81.4 Å². The Morgan fingerprint density at radius 3 is 2.52 bits per heavy atom. The predicted octanol–water partition coefficient (Wildman–Crippen LogP) is 4.20. The Labute approximate surface area is 174 Å². The summed E-state index contributed by atoms with van der Waals surface area (Å²) in [5, 5.41) is 10.1. The van der Waals surface area contributed by atoms with E-state index in [0.717, 1.165) is 57.9 Å². The van der Waals surface area contributed by atoms with Gasteiger partial charge in [0.1, 0.15) is 0 Å². The van der Waals surface area contributed by atoms with Gasteiger partial charge in [0, 0.05) is 24.2 Å². The van der Waals surface area contributed by atoms with E-state index in [4.69, 9.17) is 0 Å². The molecule has 154 valence electrons. The van der Waals surface area contributed by atoms with Crippen LogP contribution in [0.25, 0.3) is 10.2 Å². The lowest BCUT2D eigenvalue weighted by Gasteiger charge is -2.56. The van der Waals surface area contributed by atoms with Crippen LogP contribution < -0.4 is 16.0 Å². The van der Waals surface area contributed by atoms with E-state index in [0.29, 0.717) is 6.54 Å². The van der Waals surface area contributed by atoms with Crippen LogP contribution in [0.15, 0.2) is 18.2 Å². The maximum Gasteiger partial charge on any atom is 0.315 e. The van der Waals surface area contributed by atoms with Crippen LogP contribution in [0.4, 0.5) is 10.5 Å². The predicted molar refractivity (Wildman–Crippen MR) is 115 cm³/mol. The number of anilines is 1. The number of benzene rings is 1. The van der Waals surface area contributed by atoms with Gasteiger partial charge in [-0.25, -0.2) is 9.78 Å². The largest absolute Gasteiger partial charge is 0.338 e. The zero-order valence-electron chi connectivity index (χ0n) is 16.8. The van der Waals surface area contributed by atoms with E-state index in [1.807, 2.05) is 25.1 Å². The highest BCUT2D eigenvalue weighted by Crippen LogP contribution is 2.55. The van der Waals surface area contributed by atoms with Crippen LogP contribution in [0.5, 0.6) is 0 Å². The number of thiazole rings is 1. The summed E-state index contributed by atoms with van der Waals surface area (Å²) in [6, 6.07) is 5.62. The number of hydrogen-bond acceptors (Lipinski definition) is 4. The minimum Gasteiger partial charge on any atom is -0.338 e. The van der Waals surface area contributed by atoms with Gasteiger partial charge in [-0.1, -0.05) is 0 Å². The van der Waals surface area contributed by atoms with Crippen molar-refractivity contribution in [1.82, 2.24) is 15.6 Å². The molecule has 29 heavy (non-hydrogen) atoms. The summed E-state index contributed by atoms with van der Waals surface area (Å²) in [4.78, 5) is 29.1. The summed E-state index contributed by atoms with van der Waals surface area (Å²) in [6.45, 7) is 2.31. The minimum absolute atomic E-state index is 0.00335. The van der Waals surface area contributed by atoms with E-state index in [-0.39, 0.29) is 23.9 Å². The number of aromatic nitrogens is 1. The maximum absolute atomic E-state index is 12.5. The van der Waals surface area contributed by atoms with E-state index >= 15 is 0 Å². The fourth-order valence-electron chi connectivity index (χ4n) is 6.18. The molecule has 4 fully saturated rings. The molecule has 6 nitrogen and oxygen atoms in total. The molecule has 0 saturated heterocycles. The average molecular weight is 413 g/mol. The van der Waals surface area contributed by atoms with Gasteiger partial charge in [0.2, 0.25) is 5.91 Å². The molecule has 1 aromatic heterocycles. The molecule has 7 heteroatoms. The molecule has 3 N–H and O–H groups in total. The van der Waals surface area contributed by atoms with E-state index < -0.39 is 0 Å². The molecule has 1 aromatic carbocycles. The SMILES string of the molecule is Cc1nc2ccc(NC(=O)CCNC(=O)NC34CC5CC(CC(C5)C3)C4)cc2s1. The first-order valence-electron chi connectivity index (χ1n) is 10.7. The van der Waals surface area contributed by atoms with Crippen LogP contribution in [-0.2, 0) is 4.79 Å². The zero-order chi connectivity index (χ0) is 20.0. The Kier molecular flexibility index (Phi) is 4.73. The molecule has 4 aliphatic carbocycles. The van der Waals surface area contributed by atoms with Gasteiger partial charge in [-0.3, -0.25) is 4.79 Å². The minimum atomic E-state index is -0.124. The summed E-state index contributed by atoms with van der Waals surface area (Å²) in [5.41, 5.74) is 1.72. The number of nitrogens with zero attached hydrogens (tertiary/aromatic N) is 1. The quantitative estimate of drug-likeness (QED) is 0.688. The number of nitrogens with one attached hydrogen (secondary N) is 3. The Balaban J connectivity index is 1.09. The Morgan fingerprint density at radius 2 is 1.83 bits per heavy atom. The number of carbonyl (C=O) groups excluding carboxylic acids is 2. The molecule has 0 spiro atoms. The van der Waals surface area contributed by atoms with Crippen molar-refractivity contribution in [2.45, 2.75) is 57.4 Å². The number of carbonyl (C=O) groups is 2. The fraction of sp³-hybridized carbons (Fsp3) is 0.591. The summed E-state index contributed by atoms with van der Waals surface area (Å²) in [5.74, 6) is 2.30. The summed E-state index contributed by atoms with van der Waals surface area (Å²) in [7, 11) is 0. The molecule has 4 bridgehead atoms. The molecular weight excluding hydrogens is 384 g/mol. The summed E-state index contributed by atoms with van der Waals surface area (Å²) in [6.07, 6.45) is 7.72. The van der Waals surface area contributed by atoms with Crippen molar-refractivity contribution in [1.29, 1.82) is 0 Å². The number of rotatable bonds is 5. The van der Waals surface area contributed by atoms with Gasteiger partial charge in [0.25, 0.3) is 0 Å². The Hall–Kier alpha value is -2.15. The van der Waals surface area contributed by atoms with Crippen LogP contribution in [-0.4, -0.2) is 29.0 Å². The topological polar surface area (TPSA) is 83.1 Å². The van der Waals surface area contributed by atoms with Gasteiger partial charge in [-0.15, -0.1) is 11.3 Å². The summed E-state index contributed by atoms with van der Waals surface area (Å²) < 4.78 is 1.06. The second kappa shape index (κ2) is 7.27. The molecule has 2 aromatic rings. The van der Waals surface area contributed by atoms with Crippen molar-refractivity contribution in [2.24, 2.45) is 17.8 Å². The number of urea groups is 1. The maximum atomic E-state index is 12.5. The number of hydrogen-bond donors (Lipinski definition) is 3. The van der Waals surface area contributed by atoms with E-state index in [1.54, 1.807) is 11.3 Å². The number of amides is 3. The third-order valence-electron chi connectivity index (χ3n) is 6.83. The molecule has 0 radical (unpaired) electrons. The number of aryl methyl sites for hydroxylation is 1. The third kappa shape index (κ3) is 3.97. The van der Waals surface area contributed by atoms with E-state index in [1.165, 1.54) is 19.3 Å². The van der Waals surface area contributed by atoms with Crippen molar-refractivity contribution < 1.29 is 9.59 Å². The van der Waals surface area contributed by atoms with E-state index in [9.17, 15) is 9.59 Å². The van der Waals surface area contributed by atoms with Crippen molar-refractivity contribution in [3.63, 3.8) is 0 Å². The second-order valence-electron chi connectivity index (χ2n) is 9.29. The zero-order valence-corrected chi connectivity index (χ0v) is 17.6. The molecular formula is C22H28N4O2S. The lowest BCUT2D eigenvalue weighted by atomic mass is 9.53. The van der Waals surface area contributed by atoms with Gasteiger partial charge in [0.05, 0.1) is 15.2 Å². The first-order valence-corrected chi connectivity index (χ1v) is 11.5. The lowest BCUT2D eigenvalue weighted by molar-refractivity contribution is -0.116. The van der Waals surface area contributed by atoms with Crippen molar-refractivity contribution in [3.8, 4) is 0 Å². The first-order chi connectivity index (χ1) is 14.0. The van der Waals surface area contributed by atoms with Crippen LogP contribution in [0.3, 0.4) is 0 Å². The van der Waals surface area contributed by atoms with Gasteiger partial charge >= 0.3 is 6.03 Å². The number of fused-ring (bicyclic) bond motifs is 1. The first kappa shape index (κ1) is 18.9. The molecule has 4 saturated carbocycles. The average Bonchev–Trinajstić information content (AvgIpc) is 2.99. The van der Waals surface area contributed by atoms with Gasteiger partial charge in [-0.2, -0.15) is 0 Å². The van der Waals surface area contributed by atoms with Crippen LogP contribution in [0, 0.1) is 24.7 Å². The molecule has 3 amide bonds. The van der Waals surface area contributed by atoms with Crippen LogP contribution in [0.2, 0.25) is 0 Å². The molecule has 1 heterocycles. The second-order valence-corrected chi connectivity index (χ2v) is 10.5. The summed E-state index contributed by atoms with van der Waals surface area (Å²) >= 11 is 1.61. The van der Waals surface area contributed by atoms with Crippen LogP contribution >= 0.6 is 11.3 Å². The van der Waals surface area contributed by atoms with E-state index in [2.05, 4.69) is 20.9 Å². The van der Waals surface area contributed by atoms with Crippen molar-refractivity contribution >= 4 is 39.2 Å². The monoisotopic (exact) mass is 412 g/mol. The highest BCUT2D eigenvalue weighted by atomic mass is 32.1. The van der Waals surface area contributed by atoms with Gasteiger partial charge < -0.3 is 16.0 Å². The molecule has 0 aliphatic heterocycles. The Morgan fingerprint density at radius 1 is 1.14 bits per heavy atom. The Bertz CT molecular complexity index is 918.